The van der Waals surface area contributed by atoms with Crippen LogP contribution in [0.5, 0.6) is 5.75 Å². The summed E-state index contributed by atoms with van der Waals surface area (Å²) >= 11 is 0. The molecule has 1 aromatic carbocycles. The van der Waals surface area contributed by atoms with Gasteiger partial charge in [-0.3, -0.25) is 4.79 Å². The van der Waals surface area contributed by atoms with Crippen molar-refractivity contribution >= 4 is 11.9 Å². The van der Waals surface area contributed by atoms with E-state index in [1.807, 2.05) is 0 Å². The number of rotatable bonds is 1. The van der Waals surface area contributed by atoms with Crippen LogP contribution in [-0.4, -0.2) is 19.0 Å². The summed E-state index contributed by atoms with van der Waals surface area (Å²) in [5.41, 5.74) is 1.24. The van der Waals surface area contributed by atoms with Crippen LogP contribution in [0.3, 0.4) is 0 Å². The number of hydrogen-bond acceptors (Lipinski definition) is 4. The molecule has 0 saturated heterocycles. The molecule has 4 heteroatoms. The zero-order valence-corrected chi connectivity index (χ0v) is 8.28. The molecule has 0 aliphatic carbocycles. The van der Waals surface area contributed by atoms with Gasteiger partial charge in [-0.05, 0) is 24.1 Å². The maximum absolute atomic E-state index is 11.5. The Morgan fingerprint density at radius 1 is 1.27 bits per heavy atom. The Balaban J connectivity index is 2.45. The van der Waals surface area contributed by atoms with Gasteiger partial charge >= 0.3 is 11.9 Å². The lowest BCUT2D eigenvalue weighted by Crippen LogP contribution is -2.09. The van der Waals surface area contributed by atoms with Crippen molar-refractivity contribution in [3.63, 3.8) is 0 Å². The third kappa shape index (κ3) is 1.83. The third-order valence-electron chi connectivity index (χ3n) is 2.34. The van der Waals surface area contributed by atoms with Crippen LogP contribution in [0.4, 0.5) is 0 Å². The molecular weight excluding hydrogens is 196 g/mol. The number of ether oxygens (including phenoxy) is 2. The zero-order valence-electron chi connectivity index (χ0n) is 8.28. The van der Waals surface area contributed by atoms with Gasteiger partial charge in [-0.2, -0.15) is 0 Å². The number of methoxy groups -OCH3 is 1. The molecule has 1 aliphatic heterocycles. The fourth-order valence-corrected chi connectivity index (χ4v) is 1.54. The minimum Gasteiger partial charge on any atom is -0.497 e. The van der Waals surface area contributed by atoms with E-state index >= 15 is 0 Å². The molecule has 15 heavy (non-hydrogen) atoms. The van der Waals surface area contributed by atoms with Crippen molar-refractivity contribution in [1.29, 1.82) is 0 Å². The Morgan fingerprint density at radius 3 is 2.80 bits per heavy atom. The van der Waals surface area contributed by atoms with E-state index in [1.54, 1.807) is 18.2 Å². The number of cyclic esters (lactones) is 2. The predicted octanol–water partition coefficient (Wildman–Crippen LogP) is 1.32. The molecule has 0 fully saturated rings. The fourth-order valence-electron chi connectivity index (χ4n) is 1.54. The van der Waals surface area contributed by atoms with Crippen LogP contribution < -0.4 is 4.74 Å². The van der Waals surface area contributed by atoms with E-state index in [-0.39, 0.29) is 6.42 Å². The van der Waals surface area contributed by atoms with Gasteiger partial charge in [0.05, 0.1) is 19.1 Å². The van der Waals surface area contributed by atoms with Gasteiger partial charge in [-0.1, -0.05) is 6.07 Å². The van der Waals surface area contributed by atoms with E-state index in [0.29, 0.717) is 17.7 Å². The second-order valence-electron chi connectivity index (χ2n) is 3.28. The largest absolute Gasteiger partial charge is 0.497 e. The van der Waals surface area contributed by atoms with E-state index in [1.165, 1.54) is 7.11 Å². The molecule has 0 atom stereocenters. The summed E-state index contributed by atoms with van der Waals surface area (Å²) in [6.45, 7) is 0. The topological polar surface area (TPSA) is 52.6 Å². The molecule has 1 aromatic rings. The SMILES string of the molecule is COc1ccc2c(c1)C(=O)OC(=O)CC2. The highest BCUT2D eigenvalue weighted by Gasteiger charge is 2.22. The van der Waals surface area contributed by atoms with Gasteiger partial charge in [-0.15, -0.1) is 0 Å². The van der Waals surface area contributed by atoms with Crippen LogP contribution in [0.1, 0.15) is 22.3 Å². The van der Waals surface area contributed by atoms with Crippen LogP contribution in [0.2, 0.25) is 0 Å². The molecule has 0 unspecified atom stereocenters. The van der Waals surface area contributed by atoms with E-state index in [0.717, 1.165) is 5.56 Å². The third-order valence-corrected chi connectivity index (χ3v) is 2.34. The summed E-state index contributed by atoms with van der Waals surface area (Å²) in [5.74, 6) is -0.485. The first-order valence-corrected chi connectivity index (χ1v) is 4.62. The molecule has 0 radical (unpaired) electrons. The molecule has 1 aliphatic rings. The number of esters is 2. The molecule has 4 nitrogen and oxygen atoms in total. The number of carbonyl (C=O) groups excluding carboxylic acids is 2. The molecule has 0 spiro atoms. The monoisotopic (exact) mass is 206 g/mol. The Labute approximate surface area is 86.8 Å². The van der Waals surface area contributed by atoms with Gasteiger partial charge in [0, 0.05) is 0 Å². The van der Waals surface area contributed by atoms with Gasteiger partial charge in [0.2, 0.25) is 0 Å². The highest BCUT2D eigenvalue weighted by molar-refractivity contribution is 5.99. The molecule has 78 valence electrons. The van der Waals surface area contributed by atoms with Crippen molar-refractivity contribution < 1.29 is 19.1 Å². The van der Waals surface area contributed by atoms with Crippen LogP contribution >= 0.6 is 0 Å². The Hall–Kier alpha value is -1.84. The van der Waals surface area contributed by atoms with E-state index in [4.69, 9.17) is 4.74 Å². The summed E-state index contributed by atoms with van der Waals surface area (Å²) in [6.07, 6.45) is 0.773. The Morgan fingerprint density at radius 2 is 2.07 bits per heavy atom. The number of fused-ring (bicyclic) bond motifs is 1. The lowest BCUT2D eigenvalue weighted by Gasteiger charge is -2.05. The van der Waals surface area contributed by atoms with E-state index < -0.39 is 11.9 Å². The second-order valence-corrected chi connectivity index (χ2v) is 3.28. The predicted molar refractivity (Wildman–Crippen MR) is 51.7 cm³/mol. The smallest absolute Gasteiger partial charge is 0.346 e. The average Bonchev–Trinajstić information content (AvgIpc) is 2.38. The molecule has 0 aromatic heterocycles. The number of hydrogen-bond donors (Lipinski definition) is 0. The van der Waals surface area contributed by atoms with Crippen molar-refractivity contribution in [2.24, 2.45) is 0 Å². The van der Waals surface area contributed by atoms with Gasteiger partial charge in [-0.25, -0.2) is 4.79 Å². The summed E-state index contributed by atoms with van der Waals surface area (Å²) in [6, 6.07) is 5.15. The highest BCUT2D eigenvalue weighted by atomic mass is 16.6. The highest BCUT2D eigenvalue weighted by Crippen LogP contribution is 2.22. The fraction of sp³-hybridized carbons (Fsp3) is 0.273. The first-order chi connectivity index (χ1) is 7.20. The molecule has 1 heterocycles. The maximum Gasteiger partial charge on any atom is 0.346 e. The van der Waals surface area contributed by atoms with Crippen LogP contribution in [0.15, 0.2) is 18.2 Å². The zero-order chi connectivity index (χ0) is 10.8. The summed E-state index contributed by atoms with van der Waals surface area (Å²) < 4.78 is 9.61. The lowest BCUT2D eigenvalue weighted by molar-refractivity contribution is -0.137. The van der Waals surface area contributed by atoms with Crippen LogP contribution in [0, 0.1) is 0 Å². The normalized spacial score (nSPS) is 15.3. The first kappa shape index (κ1) is 9.71. The van der Waals surface area contributed by atoms with Crippen molar-refractivity contribution in [3.8, 4) is 5.75 Å². The first-order valence-electron chi connectivity index (χ1n) is 4.62. The second kappa shape index (κ2) is 3.73. The van der Waals surface area contributed by atoms with Crippen molar-refractivity contribution in [1.82, 2.24) is 0 Å². The van der Waals surface area contributed by atoms with Crippen molar-refractivity contribution in [3.05, 3.63) is 29.3 Å². The van der Waals surface area contributed by atoms with E-state index in [9.17, 15) is 9.59 Å². The van der Waals surface area contributed by atoms with Crippen molar-refractivity contribution in [2.45, 2.75) is 12.8 Å². The molecule has 0 N–H and O–H groups in total. The Bertz CT molecular complexity index is 423. The van der Waals surface area contributed by atoms with Gasteiger partial charge < -0.3 is 9.47 Å². The van der Waals surface area contributed by atoms with E-state index in [2.05, 4.69) is 4.74 Å². The molecule has 2 rings (SSSR count). The molecule has 0 amide bonds. The number of carbonyl (C=O) groups is 2. The van der Waals surface area contributed by atoms with Gasteiger partial charge in [0.1, 0.15) is 5.75 Å². The summed E-state index contributed by atoms with van der Waals surface area (Å²) in [4.78, 5) is 22.5. The average molecular weight is 206 g/mol. The maximum atomic E-state index is 11.5. The Kier molecular flexibility index (Phi) is 2.41. The van der Waals surface area contributed by atoms with Crippen LogP contribution in [-0.2, 0) is 16.0 Å². The lowest BCUT2D eigenvalue weighted by atomic mass is 10.0. The van der Waals surface area contributed by atoms with Gasteiger partial charge in [0.25, 0.3) is 0 Å². The van der Waals surface area contributed by atoms with Crippen molar-refractivity contribution in [2.75, 3.05) is 7.11 Å². The quantitative estimate of drug-likeness (QED) is 0.513. The minimum absolute atomic E-state index is 0.241. The van der Waals surface area contributed by atoms with Gasteiger partial charge in [0.15, 0.2) is 0 Å². The molecular formula is C11H10O4. The minimum atomic E-state index is -0.591. The molecule has 0 bridgehead atoms. The van der Waals surface area contributed by atoms with Crippen LogP contribution in [0.25, 0.3) is 0 Å². The standard InChI is InChI=1S/C11H10O4/c1-14-8-4-2-7-3-5-10(12)15-11(13)9(7)6-8/h2,4,6H,3,5H2,1H3. The summed E-state index contributed by atoms with van der Waals surface area (Å²) in [7, 11) is 1.52. The number of benzene rings is 1. The molecule has 0 saturated carbocycles. The number of aryl methyl sites for hydroxylation is 1. The summed E-state index contributed by atoms with van der Waals surface area (Å²) in [5, 5.41) is 0.